The monoisotopic (exact) mass is 382 g/mol. The Morgan fingerprint density at radius 2 is 2.14 bits per heavy atom. The summed E-state index contributed by atoms with van der Waals surface area (Å²) in [6, 6.07) is 6.65. The molecule has 152 valence electrons. The lowest BCUT2D eigenvalue weighted by Gasteiger charge is -2.64. The van der Waals surface area contributed by atoms with Crippen molar-refractivity contribution < 1.29 is 9.90 Å². The number of hydrogen-bond donors (Lipinski definition) is 2. The van der Waals surface area contributed by atoms with Gasteiger partial charge in [0.05, 0.1) is 11.6 Å². The Morgan fingerprint density at radius 3 is 2.89 bits per heavy atom. The summed E-state index contributed by atoms with van der Waals surface area (Å²) in [6.07, 6.45) is 6.53. The molecule has 3 fully saturated rings. The number of nitrogens with one attached hydrogen (secondary N) is 1. The van der Waals surface area contributed by atoms with Gasteiger partial charge in [-0.3, -0.25) is 9.69 Å². The summed E-state index contributed by atoms with van der Waals surface area (Å²) in [5.41, 5.74) is 2.63. The third kappa shape index (κ3) is 2.72. The van der Waals surface area contributed by atoms with Crippen molar-refractivity contribution in [2.75, 3.05) is 19.6 Å². The number of hydrogen-bond acceptors (Lipinski definition) is 4. The first kappa shape index (κ1) is 18.8. The number of ketones is 1. The van der Waals surface area contributed by atoms with E-state index in [0.717, 1.165) is 44.8 Å². The Balaban J connectivity index is 1.58. The molecule has 1 saturated heterocycles. The summed E-state index contributed by atoms with van der Waals surface area (Å²) >= 11 is 0. The molecule has 1 aromatic rings. The van der Waals surface area contributed by atoms with Crippen LogP contribution in [0.1, 0.15) is 62.1 Å². The number of carbonyl (C=O) groups is 1. The van der Waals surface area contributed by atoms with Crippen molar-refractivity contribution >= 4 is 5.78 Å². The third-order valence-corrected chi connectivity index (χ3v) is 8.05. The topological polar surface area (TPSA) is 52.6 Å². The summed E-state index contributed by atoms with van der Waals surface area (Å²) in [6.45, 7) is 7.22. The molecule has 2 N–H and O–H groups in total. The van der Waals surface area contributed by atoms with Crippen LogP contribution in [-0.4, -0.2) is 53.1 Å². The Kier molecular flexibility index (Phi) is 4.46. The first-order valence-corrected chi connectivity index (χ1v) is 11.3. The van der Waals surface area contributed by atoms with Crippen molar-refractivity contribution in [1.29, 1.82) is 0 Å². The highest BCUT2D eigenvalue weighted by Gasteiger charge is 2.66. The smallest absolute Gasteiger partial charge is 0.150 e. The number of fused-ring (bicyclic) bond motifs is 1. The number of carbonyl (C=O) groups excluding carboxylic acids is 1. The van der Waals surface area contributed by atoms with Gasteiger partial charge in [0.25, 0.3) is 0 Å². The van der Waals surface area contributed by atoms with Crippen LogP contribution >= 0.6 is 0 Å². The van der Waals surface area contributed by atoms with E-state index in [9.17, 15) is 9.90 Å². The highest BCUT2D eigenvalue weighted by molar-refractivity contribution is 5.87. The highest BCUT2D eigenvalue weighted by Crippen LogP contribution is 2.57. The number of rotatable bonds is 5. The van der Waals surface area contributed by atoms with E-state index in [4.69, 9.17) is 0 Å². The van der Waals surface area contributed by atoms with Gasteiger partial charge in [0, 0.05) is 30.8 Å². The van der Waals surface area contributed by atoms with Gasteiger partial charge < -0.3 is 10.4 Å². The van der Waals surface area contributed by atoms with E-state index in [1.165, 1.54) is 29.5 Å². The minimum absolute atomic E-state index is 0.135. The largest absolute Gasteiger partial charge is 0.387 e. The number of nitrogens with zero attached hydrogens (tertiary/aromatic N) is 1. The van der Waals surface area contributed by atoms with Crippen LogP contribution in [0.15, 0.2) is 18.2 Å². The molecule has 1 aromatic carbocycles. The maximum Gasteiger partial charge on any atom is 0.150 e. The Bertz CT molecular complexity index is 789. The van der Waals surface area contributed by atoms with Crippen LogP contribution in [0.2, 0.25) is 0 Å². The fourth-order valence-corrected chi connectivity index (χ4v) is 6.38. The minimum atomic E-state index is -0.819. The molecule has 2 bridgehead atoms. The number of aryl methyl sites for hydroxylation is 1. The van der Waals surface area contributed by atoms with E-state index in [1.807, 2.05) is 0 Å². The normalized spacial score (nSPS) is 37.5. The first-order valence-electron chi connectivity index (χ1n) is 11.3. The van der Waals surface area contributed by atoms with E-state index in [1.54, 1.807) is 0 Å². The van der Waals surface area contributed by atoms with Gasteiger partial charge in [-0.25, -0.2) is 0 Å². The molecule has 1 heterocycles. The molecule has 0 radical (unpaired) electrons. The number of benzene rings is 1. The molecule has 0 spiro atoms. The molecule has 4 heteroatoms. The van der Waals surface area contributed by atoms with Crippen LogP contribution in [0, 0.1) is 12.8 Å². The molecule has 3 aliphatic carbocycles. The molecule has 0 amide bonds. The lowest BCUT2D eigenvalue weighted by atomic mass is 9.48. The summed E-state index contributed by atoms with van der Waals surface area (Å²) in [5.74, 6) is 1.11. The minimum Gasteiger partial charge on any atom is -0.387 e. The first-order chi connectivity index (χ1) is 13.5. The van der Waals surface area contributed by atoms with Crippen LogP contribution in [0.5, 0.6) is 0 Å². The molecule has 0 aromatic heterocycles. The second kappa shape index (κ2) is 6.65. The van der Waals surface area contributed by atoms with Gasteiger partial charge in [0.15, 0.2) is 5.78 Å². The predicted octanol–water partition coefficient (Wildman–Crippen LogP) is 2.74. The summed E-state index contributed by atoms with van der Waals surface area (Å²) < 4.78 is 0. The molecule has 1 aliphatic heterocycles. The summed E-state index contributed by atoms with van der Waals surface area (Å²) in [5, 5.41) is 15.8. The zero-order valence-corrected chi connectivity index (χ0v) is 17.3. The molecule has 2 saturated carbocycles. The summed E-state index contributed by atoms with van der Waals surface area (Å²) in [4.78, 5) is 15.7. The van der Waals surface area contributed by atoms with Gasteiger partial charge in [-0.15, -0.1) is 0 Å². The highest BCUT2D eigenvalue weighted by atomic mass is 16.3. The Morgan fingerprint density at radius 1 is 1.32 bits per heavy atom. The lowest BCUT2D eigenvalue weighted by Crippen LogP contribution is -2.75. The van der Waals surface area contributed by atoms with Gasteiger partial charge in [0.1, 0.15) is 0 Å². The van der Waals surface area contributed by atoms with Crippen molar-refractivity contribution in [2.45, 2.75) is 81.9 Å². The van der Waals surface area contributed by atoms with Gasteiger partial charge in [-0.1, -0.05) is 30.7 Å². The Labute approximate surface area is 168 Å². The quantitative estimate of drug-likeness (QED) is 0.822. The van der Waals surface area contributed by atoms with Gasteiger partial charge >= 0.3 is 0 Å². The molecule has 4 aliphatic rings. The van der Waals surface area contributed by atoms with Crippen molar-refractivity contribution in [2.24, 2.45) is 5.92 Å². The average molecular weight is 383 g/mol. The molecular weight excluding hydrogens is 348 g/mol. The van der Waals surface area contributed by atoms with Crippen molar-refractivity contribution in [3.05, 3.63) is 34.9 Å². The molecule has 4 atom stereocenters. The maximum absolute atomic E-state index is 13.2. The molecule has 28 heavy (non-hydrogen) atoms. The van der Waals surface area contributed by atoms with Crippen molar-refractivity contribution in [3.8, 4) is 0 Å². The van der Waals surface area contributed by atoms with E-state index in [0.29, 0.717) is 18.6 Å². The Hall–Kier alpha value is -1.23. The zero-order chi connectivity index (χ0) is 19.5. The van der Waals surface area contributed by atoms with Gasteiger partial charge in [-0.2, -0.15) is 0 Å². The fraction of sp³-hybridized carbons (Fsp3) is 0.708. The number of likely N-dealkylation sites (tertiary alicyclic amines) is 1. The average Bonchev–Trinajstić information content (AvgIpc) is 3.47. The second-order valence-corrected chi connectivity index (χ2v) is 9.93. The molecular formula is C24H34N2O2. The SMILES string of the molecule is CCCN[C@H]1C[C@@]2(O)[C@H]3Cc4ccc(C)cc4[C@@]2(CCN3CC2CC2)CC1=O. The van der Waals surface area contributed by atoms with Crippen LogP contribution < -0.4 is 5.32 Å². The maximum atomic E-state index is 13.2. The number of piperidine rings is 1. The van der Waals surface area contributed by atoms with E-state index >= 15 is 0 Å². The molecule has 5 rings (SSSR count). The number of Topliss-reactive ketones (excluding diaryl/α,β-unsaturated/α-hetero) is 1. The van der Waals surface area contributed by atoms with E-state index in [2.05, 4.69) is 42.3 Å². The zero-order valence-electron chi connectivity index (χ0n) is 17.3. The van der Waals surface area contributed by atoms with Gasteiger partial charge in [0.2, 0.25) is 0 Å². The van der Waals surface area contributed by atoms with Crippen LogP contribution in [0.25, 0.3) is 0 Å². The van der Waals surface area contributed by atoms with E-state index in [-0.39, 0.29) is 12.1 Å². The predicted molar refractivity (Wildman–Crippen MR) is 111 cm³/mol. The van der Waals surface area contributed by atoms with Crippen molar-refractivity contribution in [1.82, 2.24) is 10.2 Å². The van der Waals surface area contributed by atoms with Crippen molar-refractivity contribution in [3.63, 3.8) is 0 Å². The molecule has 0 unspecified atom stereocenters. The molecule has 4 nitrogen and oxygen atoms in total. The van der Waals surface area contributed by atoms with E-state index < -0.39 is 11.0 Å². The van der Waals surface area contributed by atoms with Crippen LogP contribution in [0.4, 0.5) is 0 Å². The van der Waals surface area contributed by atoms with Crippen LogP contribution in [-0.2, 0) is 16.6 Å². The number of aliphatic hydroxyl groups is 1. The summed E-state index contributed by atoms with van der Waals surface area (Å²) in [7, 11) is 0. The fourth-order valence-electron chi connectivity index (χ4n) is 6.38. The second-order valence-electron chi connectivity index (χ2n) is 9.93. The van der Waals surface area contributed by atoms with Crippen LogP contribution in [0.3, 0.4) is 0 Å². The third-order valence-electron chi connectivity index (χ3n) is 8.05. The lowest BCUT2D eigenvalue weighted by molar-refractivity contribution is -0.177. The standard InChI is InChI=1S/C24H34N2O2/c1-3-9-25-20-13-24(28)22-12-18-7-4-16(2)11-19(18)23(24,14-21(20)27)8-10-26(22)15-17-5-6-17/h4,7,11,17,20,22,25,28H,3,5-6,8-10,12-15H2,1-2H3/t20-,22+,23+,24+/m0/s1. The van der Waals surface area contributed by atoms with Gasteiger partial charge in [-0.05, 0) is 69.2 Å².